The lowest BCUT2D eigenvalue weighted by atomic mass is 10.2. The number of esters is 1. The maximum atomic E-state index is 12.4. The second-order valence-corrected chi connectivity index (χ2v) is 6.81. The average molecular weight is 400 g/mol. The van der Waals surface area contributed by atoms with Crippen LogP contribution in [0.25, 0.3) is 0 Å². The molecule has 3 rings (SSSR count). The molecule has 1 aliphatic carbocycles. The Labute approximate surface area is 164 Å². The van der Waals surface area contributed by atoms with Gasteiger partial charge in [0, 0.05) is 25.7 Å². The second kappa shape index (κ2) is 7.74. The number of carbonyl (C=O) groups excluding carboxylic acids is 3. The van der Waals surface area contributed by atoms with E-state index < -0.39 is 35.2 Å². The summed E-state index contributed by atoms with van der Waals surface area (Å²) in [5, 5.41) is 2.72. The molecule has 0 bridgehead atoms. The van der Waals surface area contributed by atoms with Gasteiger partial charge < -0.3 is 15.8 Å². The van der Waals surface area contributed by atoms with Crippen LogP contribution in [0.1, 0.15) is 33.6 Å². The van der Waals surface area contributed by atoms with Crippen LogP contribution in [0.2, 0.25) is 0 Å². The van der Waals surface area contributed by atoms with E-state index in [2.05, 4.69) is 5.32 Å². The molecule has 1 amide bonds. The van der Waals surface area contributed by atoms with E-state index in [1.807, 2.05) is 0 Å². The van der Waals surface area contributed by atoms with Gasteiger partial charge in [0.25, 0.3) is 5.56 Å². The summed E-state index contributed by atoms with van der Waals surface area (Å²) in [5.74, 6) is -2.03. The predicted octanol–water partition coefficient (Wildman–Crippen LogP) is 0.0544. The van der Waals surface area contributed by atoms with Gasteiger partial charge >= 0.3 is 11.7 Å². The van der Waals surface area contributed by atoms with Crippen LogP contribution in [-0.2, 0) is 23.6 Å². The van der Waals surface area contributed by atoms with Crippen LogP contribution in [0.15, 0.2) is 33.9 Å². The van der Waals surface area contributed by atoms with Crippen LogP contribution in [0, 0.1) is 5.92 Å². The molecule has 1 fully saturated rings. The van der Waals surface area contributed by atoms with Crippen molar-refractivity contribution in [2.45, 2.75) is 12.8 Å². The van der Waals surface area contributed by atoms with Crippen LogP contribution < -0.4 is 22.3 Å². The highest BCUT2D eigenvalue weighted by atomic mass is 16.5. The normalized spacial score (nSPS) is 13.0. The summed E-state index contributed by atoms with van der Waals surface area (Å²) in [7, 11) is 2.54. The highest BCUT2D eigenvalue weighted by Gasteiger charge is 2.29. The summed E-state index contributed by atoms with van der Waals surface area (Å²) in [5.41, 5.74) is 4.33. The van der Waals surface area contributed by atoms with Crippen molar-refractivity contribution in [3.63, 3.8) is 0 Å². The first-order valence-electron chi connectivity index (χ1n) is 8.87. The van der Waals surface area contributed by atoms with Crippen molar-refractivity contribution in [1.29, 1.82) is 0 Å². The van der Waals surface area contributed by atoms with Gasteiger partial charge in [0.05, 0.1) is 5.56 Å². The fraction of sp³-hybridized carbons (Fsp3) is 0.316. The number of benzene rings is 1. The highest BCUT2D eigenvalue weighted by molar-refractivity contribution is 6.02. The number of ether oxygens (including phenoxy) is 1. The predicted molar refractivity (Wildman–Crippen MR) is 104 cm³/mol. The maximum absolute atomic E-state index is 12.4. The molecule has 0 atom stereocenters. The van der Waals surface area contributed by atoms with Crippen molar-refractivity contribution in [2.24, 2.45) is 20.0 Å². The third kappa shape index (κ3) is 4.10. The van der Waals surface area contributed by atoms with Gasteiger partial charge in [-0.25, -0.2) is 9.59 Å². The summed E-state index contributed by atoms with van der Waals surface area (Å²) in [4.78, 5) is 60.5. The Morgan fingerprint density at radius 3 is 2.52 bits per heavy atom. The minimum atomic E-state index is -0.864. The van der Waals surface area contributed by atoms with Crippen molar-refractivity contribution in [2.75, 3.05) is 17.7 Å². The molecule has 10 heteroatoms. The molecule has 29 heavy (non-hydrogen) atoms. The SMILES string of the molecule is Cn1c(N)c(C(=O)COC(=O)c2cccc(NC(=O)C3CC3)c2)c(=O)n(C)c1=O. The molecule has 0 unspecified atom stereocenters. The number of carbonyl (C=O) groups is 3. The molecular weight excluding hydrogens is 380 g/mol. The monoisotopic (exact) mass is 400 g/mol. The van der Waals surface area contributed by atoms with E-state index in [4.69, 9.17) is 10.5 Å². The molecular formula is C19H20N4O6. The highest BCUT2D eigenvalue weighted by Crippen LogP contribution is 2.30. The van der Waals surface area contributed by atoms with Gasteiger partial charge in [-0.05, 0) is 31.0 Å². The lowest BCUT2D eigenvalue weighted by molar-refractivity contribution is -0.117. The first kappa shape index (κ1) is 20.1. The van der Waals surface area contributed by atoms with Gasteiger partial charge in [-0.3, -0.25) is 23.5 Å². The minimum absolute atomic E-state index is 0.0122. The van der Waals surface area contributed by atoms with E-state index in [-0.39, 0.29) is 23.2 Å². The third-order valence-electron chi connectivity index (χ3n) is 4.64. The number of Topliss-reactive ketones (excluding diaryl/α,β-unsaturated/α-hetero) is 1. The lowest BCUT2D eigenvalue weighted by Gasteiger charge is -2.11. The minimum Gasteiger partial charge on any atom is -0.454 e. The molecule has 1 saturated carbocycles. The van der Waals surface area contributed by atoms with Gasteiger partial charge in [-0.15, -0.1) is 0 Å². The zero-order chi connectivity index (χ0) is 21.3. The van der Waals surface area contributed by atoms with E-state index in [1.165, 1.54) is 26.2 Å². The zero-order valence-corrected chi connectivity index (χ0v) is 15.9. The molecule has 1 aliphatic rings. The topological polar surface area (TPSA) is 142 Å². The first-order valence-corrected chi connectivity index (χ1v) is 8.87. The van der Waals surface area contributed by atoms with E-state index in [9.17, 15) is 24.0 Å². The number of amides is 1. The summed E-state index contributed by atoms with van der Waals surface area (Å²) < 4.78 is 6.70. The fourth-order valence-corrected chi connectivity index (χ4v) is 2.72. The summed E-state index contributed by atoms with van der Waals surface area (Å²) >= 11 is 0. The van der Waals surface area contributed by atoms with Crippen molar-refractivity contribution in [3.8, 4) is 0 Å². The lowest BCUT2D eigenvalue weighted by Crippen LogP contribution is -2.42. The third-order valence-corrected chi connectivity index (χ3v) is 4.64. The zero-order valence-electron chi connectivity index (χ0n) is 15.9. The summed E-state index contributed by atoms with van der Waals surface area (Å²) in [6.07, 6.45) is 1.70. The maximum Gasteiger partial charge on any atom is 0.338 e. The smallest absolute Gasteiger partial charge is 0.338 e. The number of anilines is 2. The number of nitrogens with two attached hydrogens (primary N) is 1. The van der Waals surface area contributed by atoms with E-state index >= 15 is 0 Å². The molecule has 152 valence electrons. The summed E-state index contributed by atoms with van der Waals surface area (Å²) in [6, 6.07) is 6.12. The Bertz CT molecular complexity index is 1130. The molecule has 0 spiro atoms. The molecule has 0 radical (unpaired) electrons. The van der Waals surface area contributed by atoms with Crippen molar-refractivity contribution < 1.29 is 19.1 Å². The van der Waals surface area contributed by atoms with Crippen LogP contribution in [-0.4, -0.2) is 33.4 Å². The van der Waals surface area contributed by atoms with Crippen LogP contribution in [0.5, 0.6) is 0 Å². The molecule has 1 heterocycles. The van der Waals surface area contributed by atoms with Crippen LogP contribution in [0.3, 0.4) is 0 Å². The second-order valence-electron chi connectivity index (χ2n) is 6.81. The van der Waals surface area contributed by atoms with Gasteiger partial charge in [-0.1, -0.05) is 6.07 Å². The Kier molecular flexibility index (Phi) is 5.35. The Hall–Kier alpha value is -3.69. The standard InChI is InChI=1S/C19H20N4O6/c1-22-15(20)14(17(26)23(2)19(22)28)13(24)9-29-18(27)11-4-3-5-12(8-11)21-16(25)10-6-7-10/h3-5,8,10H,6-7,9,20H2,1-2H3,(H,21,25). The Morgan fingerprint density at radius 1 is 1.17 bits per heavy atom. The molecule has 0 saturated heterocycles. The van der Waals surface area contributed by atoms with Gasteiger partial charge in [0.2, 0.25) is 11.7 Å². The quantitative estimate of drug-likeness (QED) is 0.515. The molecule has 0 aliphatic heterocycles. The number of ketones is 1. The molecule has 3 N–H and O–H groups in total. The van der Waals surface area contributed by atoms with E-state index in [1.54, 1.807) is 12.1 Å². The number of nitrogens with one attached hydrogen (secondary N) is 1. The number of hydrogen-bond donors (Lipinski definition) is 2. The van der Waals surface area contributed by atoms with Crippen LogP contribution >= 0.6 is 0 Å². The number of nitrogens with zero attached hydrogens (tertiary/aromatic N) is 2. The Morgan fingerprint density at radius 2 is 1.86 bits per heavy atom. The van der Waals surface area contributed by atoms with Crippen molar-refractivity contribution in [1.82, 2.24) is 9.13 Å². The molecule has 1 aromatic carbocycles. The van der Waals surface area contributed by atoms with Crippen LogP contribution in [0.4, 0.5) is 11.5 Å². The summed E-state index contributed by atoms with van der Waals surface area (Å²) in [6.45, 7) is -0.727. The van der Waals surface area contributed by atoms with Crippen molar-refractivity contribution >= 4 is 29.2 Å². The fourth-order valence-electron chi connectivity index (χ4n) is 2.72. The molecule has 2 aromatic rings. The van der Waals surface area contributed by atoms with Crippen molar-refractivity contribution in [3.05, 3.63) is 56.2 Å². The average Bonchev–Trinajstić information content (AvgIpc) is 3.55. The van der Waals surface area contributed by atoms with E-state index in [0.717, 1.165) is 22.0 Å². The molecule has 10 nitrogen and oxygen atoms in total. The number of hydrogen-bond acceptors (Lipinski definition) is 7. The largest absolute Gasteiger partial charge is 0.454 e. The van der Waals surface area contributed by atoms with Gasteiger partial charge in [0.15, 0.2) is 6.61 Å². The number of aromatic nitrogens is 2. The molecule has 1 aromatic heterocycles. The van der Waals surface area contributed by atoms with Gasteiger partial charge in [0.1, 0.15) is 11.4 Å². The first-order chi connectivity index (χ1) is 13.7. The Balaban J connectivity index is 1.71. The van der Waals surface area contributed by atoms with E-state index in [0.29, 0.717) is 5.69 Å². The number of rotatable bonds is 6. The van der Waals surface area contributed by atoms with Gasteiger partial charge in [-0.2, -0.15) is 0 Å². The number of nitrogen functional groups attached to an aromatic ring is 1.